The van der Waals surface area contributed by atoms with Crippen molar-refractivity contribution in [1.29, 1.82) is 0 Å². The van der Waals surface area contributed by atoms with Crippen LogP contribution in [0.2, 0.25) is 0 Å². The largest absolute Gasteiger partial charge is 0.492 e. The van der Waals surface area contributed by atoms with Crippen molar-refractivity contribution < 1.29 is 22.7 Å². The molecule has 0 spiro atoms. The number of likely N-dealkylation sites (N-methyl/N-ethyl adjacent to an activating group) is 1. The molecule has 7 nitrogen and oxygen atoms in total. The summed E-state index contributed by atoms with van der Waals surface area (Å²) in [6.07, 6.45) is 1.66. The molecule has 10 heteroatoms. The number of pyridine rings is 2. The summed E-state index contributed by atoms with van der Waals surface area (Å²) in [6, 6.07) is 2.96. The average Bonchev–Trinajstić information content (AvgIpc) is 2.77. The highest BCUT2D eigenvalue weighted by molar-refractivity contribution is 6.02. The maximum atomic E-state index is 12.8. The Morgan fingerprint density at radius 3 is 2.64 bits per heavy atom. The summed E-state index contributed by atoms with van der Waals surface area (Å²) in [6.45, 7) is 3.40. The van der Waals surface area contributed by atoms with Gasteiger partial charge in [-0.1, -0.05) is 0 Å². The zero-order valence-electron chi connectivity index (χ0n) is 18.7. The minimum absolute atomic E-state index is 0.0410. The average molecular weight is 464 g/mol. The number of halogens is 3. The Kier molecular flexibility index (Phi) is 6.62. The molecule has 0 atom stereocenters. The number of nitrogens with one attached hydrogen (secondary N) is 2. The molecule has 0 unspecified atom stereocenters. The summed E-state index contributed by atoms with van der Waals surface area (Å²) in [4.78, 5) is 21.9. The van der Waals surface area contributed by atoms with E-state index in [1.807, 2.05) is 24.9 Å². The van der Waals surface area contributed by atoms with Crippen molar-refractivity contribution >= 4 is 23.1 Å². The summed E-state index contributed by atoms with van der Waals surface area (Å²) in [5.74, 6) is 1.71. The van der Waals surface area contributed by atoms with E-state index in [1.165, 1.54) is 6.20 Å². The van der Waals surface area contributed by atoms with E-state index >= 15 is 0 Å². The molecule has 1 aliphatic carbocycles. The van der Waals surface area contributed by atoms with Crippen LogP contribution in [0.5, 0.6) is 5.75 Å². The molecule has 33 heavy (non-hydrogen) atoms. The highest BCUT2D eigenvalue weighted by atomic mass is 19.4. The van der Waals surface area contributed by atoms with Crippen molar-refractivity contribution in [2.75, 3.05) is 42.3 Å². The van der Waals surface area contributed by atoms with Crippen molar-refractivity contribution in [3.63, 3.8) is 0 Å². The van der Waals surface area contributed by atoms with Crippen molar-refractivity contribution in [3.05, 3.63) is 35.8 Å². The van der Waals surface area contributed by atoms with Crippen molar-refractivity contribution in [3.8, 4) is 5.75 Å². The van der Waals surface area contributed by atoms with Crippen LogP contribution in [0, 0.1) is 18.8 Å². The molecule has 1 saturated carbocycles. The van der Waals surface area contributed by atoms with Gasteiger partial charge in [-0.3, -0.25) is 9.78 Å². The van der Waals surface area contributed by atoms with Gasteiger partial charge in [0.1, 0.15) is 11.6 Å². The molecule has 0 aromatic carbocycles. The lowest BCUT2D eigenvalue weighted by molar-refractivity contribution is -0.138. The molecule has 1 amide bonds. The number of fused-ring (bicyclic) bond motifs is 1. The Morgan fingerprint density at radius 2 is 1.91 bits per heavy atom. The predicted molar refractivity (Wildman–Crippen MR) is 120 cm³/mol. The van der Waals surface area contributed by atoms with Crippen LogP contribution in [0.25, 0.3) is 0 Å². The number of anilines is 3. The van der Waals surface area contributed by atoms with E-state index in [2.05, 4.69) is 20.6 Å². The van der Waals surface area contributed by atoms with E-state index in [4.69, 9.17) is 4.74 Å². The van der Waals surface area contributed by atoms with Crippen LogP contribution in [0.4, 0.5) is 30.4 Å². The Bertz CT molecular complexity index is 1010. The molecule has 2 N–H and O–H groups in total. The zero-order chi connectivity index (χ0) is 23.6. The molecule has 2 aromatic rings. The van der Waals surface area contributed by atoms with Crippen LogP contribution in [0.3, 0.4) is 0 Å². The Balaban J connectivity index is 1.25. The lowest BCUT2D eigenvalue weighted by atomic mass is 9.82. The van der Waals surface area contributed by atoms with Gasteiger partial charge in [-0.2, -0.15) is 13.2 Å². The molecule has 1 aliphatic heterocycles. The van der Waals surface area contributed by atoms with E-state index in [9.17, 15) is 18.0 Å². The monoisotopic (exact) mass is 463 g/mol. The van der Waals surface area contributed by atoms with Gasteiger partial charge >= 0.3 is 6.18 Å². The number of amides is 1. The number of hydrogen-bond donors (Lipinski definition) is 2. The van der Waals surface area contributed by atoms with Crippen molar-refractivity contribution in [2.24, 2.45) is 11.8 Å². The summed E-state index contributed by atoms with van der Waals surface area (Å²) in [5, 5.41) is 6.32. The molecule has 0 bridgehead atoms. The lowest BCUT2D eigenvalue weighted by Crippen LogP contribution is -2.36. The van der Waals surface area contributed by atoms with Crippen molar-refractivity contribution in [2.45, 2.75) is 38.8 Å². The number of carbonyl (C=O) groups excluding carboxylic acids is 1. The van der Waals surface area contributed by atoms with Gasteiger partial charge < -0.3 is 20.3 Å². The van der Waals surface area contributed by atoms with Gasteiger partial charge in [0.15, 0.2) is 0 Å². The fraction of sp³-hybridized carbons (Fsp3) is 0.522. The third-order valence-corrected chi connectivity index (χ3v) is 6.30. The van der Waals surface area contributed by atoms with Gasteiger partial charge in [0, 0.05) is 25.9 Å². The third-order valence-electron chi connectivity index (χ3n) is 6.30. The van der Waals surface area contributed by atoms with E-state index < -0.39 is 11.7 Å². The van der Waals surface area contributed by atoms with Gasteiger partial charge in [0.05, 0.1) is 42.0 Å². The van der Waals surface area contributed by atoms with Gasteiger partial charge in [-0.05, 0) is 50.5 Å². The van der Waals surface area contributed by atoms with Gasteiger partial charge in [-0.15, -0.1) is 0 Å². The quantitative estimate of drug-likeness (QED) is 0.657. The predicted octanol–water partition coefficient (Wildman–Crippen LogP) is 4.49. The topological polar surface area (TPSA) is 79.4 Å². The SMILES string of the molecule is Cc1nc(NC[C@H]2CC[C@H](COc3cncc(C(F)(F)F)c3)CC2)cc2c1NC(=O)CN2C. The highest BCUT2D eigenvalue weighted by Crippen LogP contribution is 2.34. The Labute approximate surface area is 190 Å². The molecular formula is C23H28F3N5O2. The Hall–Kier alpha value is -3.04. The molecule has 1 fully saturated rings. The number of nitrogens with zero attached hydrogens (tertiary/aromatic N) is 3. The first kappa shape index (κ1) is 23.1. The van der Waals surface area contributed by atoms with Gasteiger partial charge in [-0.25, -0.2) is 4.98 Å². The summed E-state index contributed by atoms with van der Waals surface area (Å²) < 4.78 is 44.1. The molecular weight excluding hydrogens is 435 g/mol. The van der Waals surface area contributed by atoms with Gasteiger partial charge in [0.25, 0.3) is 0 Å². The summed E-state index contributed by atoms with van der Waals surface area (Å²) >= 11 is 0. The number of alkyl halides is 3. The maximum Gasteiger partial charge on any atom is 0.418 e. The van der Waals surface area contributed by atoms with E-state index in [1.54, 1.807) is 0 Å². The first-order valence-electron chi connectivity index (χ1n) is 11.1. The van der Waals surface area contributed by atoms with Crippen LogP contribution >= 0.6 is 0 Å². The number of rotatable bonds is 6. The number of carbonyl (C=O) groups is 1. The fourth-order valence-electron chi connectivity index (χ4n) is 4.40. The second-order valence-electron chi connectivity index (χ2n) is 8.88. The number of hydrogen-bond acceptors (Lipinski definition) is 6. The summed E-state index contributed by atoms with van der Waals surface area (Å²) in [7, 11) is 1.89. The smallest absolute Gasteiger partial charge is 0.418 e. The molecule has 3 heterocycles. The van der Waals surface area contributed by atoms with E-state index in [0.29, 0.717) is 25.0 Å². The zero-order valence-corrected chi connectivity index (χ0v) is 18.7. The molecule has 0 radical (unpaired) electrons. The van der Waals surface area contributed by atoms with E-state index in [0.717, 1.165) is 67.4 Å². The number of ether oxygens (including phenoxy) is 1. The van der Waals surface area contributed by atoms with E-state index in [-0.39, 0.29) is 11.7 Å². The fourth-order valence-corrected chi connectivity index (χ4v) is 4.40. The molecule has 0 saturated heterocycles. The minimum atomic E-state index is -4.42. The lowest BCUT2D eigenvalue weighted by Gasteiger charge is -2.30. The van der Waals surface area contributed by atoms with Crippen LogP contribution in [-0.4, -0.2) is 42.6 Å². The summed E-state index contributed by atoms with van der Waals surface area (Å²) in [5.41, 5.74) is 1.69. The Morgan fingerprint density at radius 1 is 1.18 bits per heavy atom. The second kappa shape index (κ2) is 9.44. The third kappa shape index (κ3) is 5.66. The molecule has 178 valence electrons. The number of aromatic nitrogens is 2. The molecule has 4 rings (SSSR count). The first-order chi connectivity index (χ1) is 15.7. The molecule has 2 aliphatic rings. The minimum Gasteiger partial charge on any atom is -0.492 e. The highest BCUT2D eigenvalue weighted by Gasteiger charge is 2.31. The number of aryl methyl sites for hydroxylation is 1. The van der Waals surface area contributed by atoms with Crippen molar-refractivity contribution in [1.82, 2.24) is 9.97 Å². The van der Waals surface area contributed by atoms with Crippen LogP contribution < -0.4 is 20.3 Å². The van der Waals surface area contributed by atoms with Crippen LogP contribution in [0.15, 0.2) is 24.5 Å². The van der Waals surface area contributed by atoms with Gasteiger partial charge in [0.2, 0.25) is 5.91 Å². The van der Waals surface area contributed by atoms with Crippen LogP contribution in [-0.2, 0) is 11.0 Å². The second-order valence-corrected chi connectivity index (χ2v) is 8.88. The van der Waals surface area contributed by atoms with Crippen LogP contribution in [0.1, 0.15) is 36.9 Å². The normalized spacial score (nSPS) is 20.8. The maximum absolute atomic E-state index is 12.8. The first-order valence-corrected chi connectivity index (χ1v) is 11.1. The standard InChI is InChI=1S/C23H28F3N5O2/c1-14-22-19(31(2)12-21(32)30-22)8-20(29-14)28-9-15-3-5-16(6-4-15)13-33-18-7-17(10-27-11-18)23(24,25)26/h7-8,10-11,15-16H,3-6,9,12-13H2,1-2H3,(H,28,29)(H,30,32)/t15-,16-. The molecule has 2 aromatic heterocycles.